The van der Waals surface area contributed by atoms with Crippen LogP contribution in [-0.4, -0.2) is 211 Å². The van der Waals surface area contributed by atoms with Crippen molar-refractivity contribution in [3.63, 3.8) is 0 Å². The van der Waals surface area contributed by atoms with E-state index < -0.39 is 125 Å². The highest BCUT2D eigenvalue weighted by Crippen LogP contribution is 2.45. The number of morpholine rings is 1. The molecule has 86 heavy (non-hydrogen) atoms. The lowest BCUT2D eigenvalue weighted by atomic mass is 9.72. The number of benzene rings is 1. The van der Waals surface area contributed by atoms with Crippen LogP contribution in [-0.2, 0) is 75.2 Å². The number of aromatic nitrogens is 4. The monoisotopic (exact) mass is 1230 g/mol. The number of carbonyl (C=O) groups is 2. The van der Waals surface area contributed by atoms with Gasteiger partial charge in [0.15, 0.2) is 17.6 Å². The molecular formula is C61H93FN8O15S. The molecule has 4 saturated heterocycles. The van der Waals surface area contributed by atoms with E-state index in [4.69, 9.17) is 52.8 Å². The first-order chi connectivity index (χ1) is 40.6. The molecule has 2 aromatic heterocycles. The number of primary sulfonamides is 1. The number of likely N-dealkylation sites (N-methyl/N-ethyl adjacent to an activating group) is 1. The number of aliphatic imine (C=N–C) groups is 1. The number of aliphatic hydroxyl groups is 2. The van der Waals surface area contributed by atoms with Crippen molar-refractivity contribution in [2.75, 3.05) is 61.3 Å². The maximum Gasteiger partial charge on any atom is 0.311 e. The van der Waals surface area contributed by atoms with Crippen molar-refractivity contribution in [3.05, 3.63) is 60.0 Å². The average Bonchev–Trinajstić information content (AvgIpc) is 4.01. The maximum absolute atomic E-state index is 15.1. The van der Waals surface area contributed by atoms with Crippen LogP contribution in [0, 0.1) is 29.6 Å². The summed E-state index contributed by atoms with van der Waals surface area (Å²) in [6, 6.07) is 9.29. The fraction of sp³-hybridized carbons (Fsp3) is 0.738. The molecule has 5 aliphatic rings. The maximum atomic E-state index is 15.1. The molecule has 8 rings (SSSR count). The van der Waals surface area contributed by atoms with Gasteiger partial charge in [-0.2, -0.15) is 0 Å². The number of hydrogen-bond donors (Lipinski definition) is 3. The number of fused-ring (bicyclic) bond motifs is 1. The first-order valence-corrected chi connectivity index (χ1v) is 31.7. The molecule has 1 aromatic carbocycles. The molecule has 23 nitrogen and oxygen atoms in total. The lowest BCUT2D eigenvalue weighted by molar-refractivity contribution is -0.319. The molecule has 7 heterocycles. The van der Waals surface area contributed by atoms with Crippen LogP contribution in [0.3, 0.4) is 0 Å². The predicted molar refractivity (Wildman–Crippen MR) is 315 cm³/mol. The zero-order chi connectivity index (χ0) is 62.8. The van der Waals surface area contributed by atoms with Crippen molar-refractivity contribution in [1.29, 1.82) is 0 Å². The molecule has 3 unspecified atom stereocenters. The number of esters is 1. The predicted octanol–water partition coefficient (Wildman–Crippen LogP) is 5.09. The number of sulfonamides is 1. The van der Waals surface area contributed by atoms with Gasteiger partial charge in [-0.3, -0.25) is 23.7 Å². The fourth-order valence-corrected chi connectivity index (χ4v) is 14.7. The van der Waals surface area contributed by atoms with Crippen molar-refractivity contribution >= 4 is 27.6 Å². The third kappa shape index (κ3) is 14.2. The fourth-order valence-electron chi connectivity index (χ4n) is 14.2. The summed E-state index contributed by atoms with van der Waals surface area (Å²) in [5.74, 6) is -3.62. The Kier molecular flexibility index (Phi) is 21.7. The van der Waals surface area contributed by atoms with Crippen molar-refractivity contribution in [3.8, 4) is 11.1 Å². The number of carbonyl (C=O) groups excluding carboxylic acids is 2. The highest BCUT2D eigenvalue weighted by Gasteiger charge is 2.58. The zero-order valence-electron chi connectivity index (χ0n) is 52.4. The third-order valence-electron chi connectivity index (χ3n) is 19.2. The second-order valence-electron chi connectivity index (χ2n) is 25.2. The lowest BCUT2D eigenvalue weighted by Gasteiger charge is -2.53. The third-order valence-corrected chi connectivity index (χ3v) is 20.0. The van der Waals surface area contributed by atoms with Gasteiger partial charge in [0.2, 0.25) is 5.91 Å². The number of pyridine rings is 1. The van der Waals surface area contributed by atoms with Gasteiger partial charge in [-0.05, 0) is 97.0 Å². The molecule has 0 spiro atoms. The first kappa shape index (κ1) is 67.5. The molecule has 0 aliphatic carbocycles. The van der Waals surface area contributed by atoms with E-state index in [1.165, 1.54) is 26.5 Å². The highest BCUT2D eigenvalue weighted by atomic mass is 32.2. The molecule has 0 saturated carbocycles. The van der Waals surface area contributed by atoms with Gasteiger partial charge in [-0.1, -0.05) is 57.2 Å². The topological polar surface area (TPSA) is 280 Å². The zero-order valence-corrected chi connectivity index (χ0v) is 53.2. The van der Waals surface area contributed by atoms with Gasteiger partial charge in [0.25, 0.3) is 10.0 Å². The number of cyclic esters (lactones) is 1. The Labute approximate surface area is 506 Å². The van der Waals surface area contributed by atoms with E-state index in [0.29, 0.717) is 56.6 Å². The summed E-state index contributed by atoms with van der Waals surface area (Å²) in [5.41, 5.74) is 0.339. The summed E-state index contributed by atoms with van der Waals surface area (Å²) in [4.78, 5) is 41.9. The number of amides is 1. The molecule has 5 aliphatic heterocycles. The minimum atomic E-state index is -3.94. The van der Waals surface area contributed by atoms with E-state index >= 15 is 4.79 Å². The lowest BCUT2D eigenvalue weighted by Crippen LogP contribution is -2.68. The highest BCUT2D eigenvalue weighted by molar-refractivity contribution is 7.89. The molecule has 3 aromatic rings. The van der Waals surface area contributed by atoms with Gasteiger partial charge < -0.3 is 62.6 Å². The number of nitrogens with two attached hydrogens (primary N) is 1. The van der Waals surface area contributed by atoms with Crippen molar-refractivity contribution in [2.45, 2.75) is 203 Å². The van der Waals surface area contributed by atoms with Gasteiger partial charge in [0.05, 0.1) is 79.1 Å². The summed E-state index contributed by atoms with van der Waals surface area (Å²) in [5, 5.41) is 37.6. The Morgan fingerprint density at radius 2 is 1.63 bits per heavy atom. The minimum Gasteiger partial charge on any atom is -0.459 e. The van der Waals surface area contributed by atoms with Crippen LogP contribution in [0.2, 0.25) is 0 Å². The average molecular weight is 1230 g/mol. The smallest absolute Gasteiger partial charge is 0.311 e. The number of alkyl halides is 1. The van der Waals surface area contributed by atoms with Crippen LogP contribution < -0.4 is 5.14 Å². The SMILES string of the molecule is CC[C@H]1OC(=O)[C@H](C)[C@@H](O[C@H]2C[C@@](C)(OC)[C@@H](O)[C@H](C)O2)[C@H](C)[C@@H](O[C@@H]2O[C@H](C)CC(N(C)CCc3cn(C[C@H](CF)C(OC)c4ccc(-c5ccc(S(N)(=O)=O)nc5)cc4)nn3)[C@H]2O)[C@](C)(OC)C[C@@H](C)C2=NCCN3C(=O)CO[C@@]1(C)C3[C@H]2C. The molecule has 0 radical (unpaired) electrons. The van der Waals surface area contributed by atoms with E-state index in [9.17, 15) is 27.8 Å². The van der Waals surface area contributed by atoms with Crippen molar-refractivity contribution < 1.29 is 75.2 Å². The van der Waals surface area contributed by atoms with Crippen molar-refractivity contribution in [1.82, 2.24) is 29.8 Å². The van der Waals surface area contributed by atoms with Crippen molar-refractivity contribution in [2.24, 2.45) is 39.7 Å². The molecule has 20 atom stereocenters. The van der Waals surface area contributed by atoms with Gasteiger partial charge >= 0.3 is 5.97 Å². The number of ether oxygens (including phenoxy) is 9. The Morgan fingerprint density at radius 3 is 2.26 bits per heavy atom. The molecular weight excluding hydrogens is 1140 g/mol. The Balaban J connectivity index is 1.03. The van der Waals surface area contributed by atoms with E-state index in [2.05, 4.69) is 29.1 Å². The number of rotatable bonds is 19. The standard InChI is InChI=1S/C61H93FN8O15S/c1-15-46-61(10)54-36(4)50(64-23-25-70(54)48(71)33-80-61)34(2)27-60(9,79-14)56(37(5)52(38(6)57(74)83-46)84-49-28-59(8,78-13)55(73)39(7)82-49)85-58-51(72)45(26-35(3)81-58)68(11)24-22-44-32-69(67-66-44)31-43(29-62)53(77-12)41-18-16-40(17-19-41)42-20-21-47(65-30-42)86(63,75)76/h16-21,30,32,34-39,43,45-46,49,51-56,58,72-73H,15,22-29,31,33H2,1-14H3,(H2,63,75,76)/t34-,35-,36+,37+,38-,39+,43+,45?,46-,49+,51-,52+,53?,54?,55+,56-,58+,59-,60-,61-/m1/s1. The Bertz CT molecular complexity index is 2910. The Hall–Kier alpha value is -4.48. The molecule has 2 bridgehead atoms. The van der Waals surface area contributed by atoms with Crippen LogP contribution in [0.4, 0.5) is 4.39 Å². The number of halogens is 1. The summed E-state index contributed by atoms with van der Waals surface area (Å²) in [6.07, 6.45) is -3.83. The van der Waals surface area contributed by atoms with E-state index in [1.807, 2.05) is 75.7 Å². The summed E-state index contributed by atoms with van der Waals surface area (Å²) in [7, 11) is 2.64. The van der Waals surface area contributed by atoms with E-state index in [-0.39, 0.29) is 48.4 Å². The number of nitrogens with zero attached hydrogens (tertiary/aromatic N) is 7. The van der Waals surface area contributed by atoms with Crippen LogP contribution in [0.25, 0.3) is 11.1 Å². The van der Waals surface area contributed by atoms with Crippen LogP contribution in [0.1, 0.15) is 112 Å². The Morgan fingerprint density at radius 1 is 0.930 bits per heavy atom. The van der Waals surface area contributed by atoms with E-state index in [1.54, 1.807) is 44.8 Å². The molecule has 4 fully saturated rings. The summed E-state index contributed by atoms with van der Waals surface area (Å²) >= 11 is 0. The normalized spacial score (nSPS) is 36.6. The molecule has 25 heteroatoms. The largest absolute Gasteiger partial charge is 0.459 e. The minimum absolute atomic E-state index is 0.123. The molecule has 1 amide bonds. The summed E-state index contributed by atoms with van der Waals surface area (Å²) in [6.45, 7) is 19.6. The number of hydrogen-bond acceptors (Lipinski definition) is 20. The second-order valence-corrected chi connectivity index (χ2v) is 26.7. The molecule has 480 valence electrons. The van der Waals surface area contributed by atoms with Crippen LogP contribution >= 0.6 is 0 Å². The quantitative estimate of drug-likeness (QED) is 0.132. The van der Waals surface area contributed by atoms with Gasteiger partial charge in [-0.25, -0.2) is 18.5 Å². The second kappa shape index (κ2) is 27.7. The van der Waals surface area contributed by atoms with Gasteiger partial charge in [-0.15, -0.1) is 5.10 Å². The summed E-state index contributed by atoms with van der Waals surface area (Å²) < 4.78 is 98.8. The number of aliphatic hydroxyl groups excluding tert-OH is 2. The first-order valence-electron chi connectivity index (χ1n) is 30.2. The van der Waals surface area contributed by atoms with E-state index in [0.717, 1.165) is 16.8 Å². The van der Waals surface area contributed by atoms with Crippen LogP contribution in [0.5, 0.6) is 0 Å². The van der Waals surface area contributed by atoms with Gasteiger partial charge in [0.1, 0.15) is 30.5 Å². The van der Waals surface area contributed by atoms with Crippen LogP contribution in [0.15, 0.2) is 58.8 Å². The van der Waals surface area contributed by atoms with Gasteiger partial charge in [0, 0.05) is 94.7 Å². The number of methoxy groups -OCH3 is 3. The molecule has 4 N–H and O–H groups in total.